The van der Waals surface area contributed by atoms with Gasteiger partial charge in [-0.3, -0.25) is 4.98 Å². The van der Waals surface area contributed by atoms with Gasteiger partial charge in [0.1, 0.15) is 33.7 Å². The maximum Gasteiger partial charge on any atom is 0.321 e. The van der Waals surface area contributed by atoms with Gasteiger partial charge in [-0.1, -0.05) is 18.2 Å². The van der Waals surface area contributed by atoms with Crippen molar-refractivity contribution >= 4 is 60.0 Å². The van der Waals surface area contributed by atoms with E-state index in [0.29, 0.717) is 0 Å². The number of aromatic nitrogens is 5. The fourth-order valence-corrected chi connectivity index (χ4v) is 8.59. The summed E-state index contributed by atoms with van der Waals surface area (Å²) < 4.78 is 16.8. The molecule has 3 aliphatic rings. The first kappa shape index (κ1) is 20.2. The van der Waals surface area contributed by atoms with Gasteiger partial charge >= 0.3 is 5.66 Å². The van der Waals surface area contributed by atoms with Crippen molar-refractivity contribution in [3.63, 3.8) is 0 Å². The van der Waals surface area contributed by atoms with Gasteiger partial charge in [-0.05, 0) is 60.7 Å². The molecule has 0 radical (unpaired) electrons. The molecule has 12 rings (SSSR count). The smallest absolute Gasteiger partial charge is 0.321 e. The van der Waals surface area contributed by atoms with E-state index < -0.39 is 5.66 Å². The Kier molecular flexibility index (Phi) is 3.01. The van der Waals surface area contributed by atoms with Crippen LogP contribution in [0.4, 0.5) is 0 Å². The van der Waals surface area contributed by atoms with Crippen LogP contribution in [0.3, 0.4) is 0 Å². The average molecular weight is 538 g/mol. The van der Waals surface area contributed by atoms with Gasteiger partial charge in [-0.2, -0.15) is 18.1 Å². The molecule has 1 unspecified atom stereocenters. The Morgan fingerprint density at radius 3 is 2.36 bits per heavy atom. The highest BCUT2D eigenvalue weighted by atomic mass is 16.5. The number of benzene rings is 3. The van der Waals surface area contributed by atoms with Crippen molar-refractivity contribution in [2.45, 2.75) is 5.66 Å². The number of para-hydroxylation sites is 1. The summed E-state index contributed by atoms with van der Waals surface area (Å²) in [7, 11) is 0. The van der Waals surface area contributed by atoms with Crippen molar-refractivity contribution in [3.05, 3.63) is 127 Å². The molecule has 0 fully saturated rings. The van der Waals surface area contributed by atoms with Crippen molar-refractivity contribution in [2.75, 3.05) is 0 Å². The van der Waals surface area contributed by atoms with Crippen molar-refractivity contribution in [2.24, 2.45) is 0 Å². The first-order valence-electron chi connectivity index (χ1n) is 14.3. The molecule has 3 aliphatic heterocycles. The van der Waals surface area contributed by atoms with Crippen LogP contribution >= 0.6 is 0 Å². The zero-order valence-electron chi connectivity index (χ0n) is 22.1. The Morgan fingerprint density at radius 1 is 0.643 bits per heavy atom. The minimum atomic E-state index is -0.709. The van der Waals surface area contributed by atoms with Crippen LogP contribution in [0.2, 0.25) is 0 Å². The van der Waals surface area contributed by atoms with E-state index in [9.17, 15) is 0 Å². The van der Waals surface area contributed by atoms with E-state index in [-0.39, 0.29) is 0 Å². The highest BCUT2D eigenvalue weighted by molar-refractivity contribution is 6.17. The summed E-state index contributed by atoms with van der Waals surface area (Å²) in [6.45, 7) is 0. The van der Waals surface area contributed by atoms with Crippen molar-refractivity contribution in [1.29, 1.82) is 0 Å². The van der Waals surface area contributed by atoms with Gasteiger partial charge in [0.15, 0.2) is 11.0 Å². The lowest BCUT2D eigenvalue weighted by Crippen LogP contribution is -2.78. The van der Waals surface area contributed by atoms with Crippen molar-refractivity contribution in [1.82, 2.24) is 14.0 Å². The van der Waals surface area contributed by atoms with E-state index in [2.05, 4.69) is 126 Å². The van der Waals surface area contributed by atoms with Crippen LogP contribution in [-0.2, 0) is 5.66 Å². The lowest BCUT2D eigenvalue weighted by atomic mass is 9.81. The second-order valence-electron chi connectivity index (χ2n) is 11.7. The topological polar surface area (TPSA) is 39.2 Å². The maximum absolute atomic E-state index is 6.92. The molecule has 42 heavy (non-hydrogen) atoms. The van der Waals surface area contributed by atoms with Gasteiger partial charge in [-0.15, -0.1) is 0 Å². The molecule has 0 amide bonds. The van der Waals surface area contributed by atoms with Crippen LogP contribution in [0.15, 0.2) is 116 Å². The van der Waals surface area contributed by atoms with E-state index in [0.717, 1.165) is 28.3 Å². The molecule has 0 saturated carbocycles. The maximum atomic E-state index is 6.92. The third-order valence-electron chi connectivity index (χ3n) is 9.97. The minimum Gasteiger partial charge on any atom is -0.456 e. The molecule has 192 valence electrons. The van der Waals surface area contributed by atoms with Crippen LogP contribution in [0, 0.1) is 0 Å². The Bertz CT molecular complexity index is 2790. The van der Waals surface area contributed by atoms with Crippen LogP contribution < -0.4 is 13.9 Å². The number of hydrogen-bond donors (Lipinski definition) is 0. The highest BCUT2D eigenvalue weighted by Gasteiger charge is 2.63. The van der Waals surface area contributed by atoms with E-state index in [1.54, 1.807) is 0 Å². The van der Waals surface area contributed by atoms with Crippen molar-refractivity contribution in [3.8, 4) is 17.3 Å². The number of pyridine rings is 4. The molecule has 6 heteroatoms. The number of nitrogens with zero attached hydrogens (tertiary/aromatic N) is 5. The Labute approximate surface area is 237 Å². The second kappa shape index (κ2) is 6.26. The molecule has 1 spiro atoms. The quantitative estimate of drug-likeness (QED) is 0.164. The fourth-order valence-electron chi connectivity index (χ4n) is 8.59. The normalized spacial score (nSPS) is 17.3. The van der Waals surface area contributed by atoms with Crippen molar-refractivity contribution < 1.29 is 13.9 Å². The summed E-state index contributed by atoms with van der Waals surface area (Å²) in [5.74, 6) is 2.90. The molecule has 3 aromatic carbocycles. The zero-order valence-corrected chi connectivity index (χ0v) is 22.1. The molecular weight excluding hydrogens is 518 g/mol. The number of ether oxygens (including phenoxy) is 1. The molecule has 9 aromatic rings. The summed E-state index contributed by atoms with van der Waals surface area (Å²) in [4.78, 5) is 4.57. The SMILES string of the molecule is c1cc[n+]2c(c1)-n1c3ccccc3c3ccc4c(c31)C21c2c(ccc3c5cnccc5c5cc6ccc[n+]1c6n5c23)O4. The van der Waals surface area contributed by atoms with E-state index in [4.69, 9.17) is 4.74 Å². The summed E-state index contributed by atoms with van der Waals surface area (Å²) >= 11 is 0. The lowest BCUT2D eigenvalue weighted by Gasteiger charge is -2.40. The van der Waals surface area contributed by atoms with E-state index in [1.807, 2.05) is 12.4 Å². The predicted molar refractivity (Wildman–Crippen MR) is 161 cm³/mol. The summed E-state index contributed by atoms with van der Waals surface area (Å²) in [6.07, 6.45) is 8.41. The standard InChI is InChI=1S/C36H19N5O/c1-2-8-26-21(7-1)23-10-12-28-31-33(23)40(26)30-9-3-4-16-38(30)36(31)32-29(42-28)13-11-24-25-19-37-15-14-22(25)27-18-20-6-5-17-39(36)35(20)41(27)34(24)32/h1-19H/q+2. The van der Waals surface area contributed by atoms with Gasteiger partial charge in [0, 0.05) is 51.5 Å². The average Bonchev–Trinajstić information content (AvgIpc) is 3.61. The highest BCUT2D eigenvalue weighted by Crippen LogP contribution is 2.55. The minimum absolute atomic E-state index is 0.709. The Hall–Kier alpha value is -5.75. The first-order valence-corrected chi connectivity index (χ1v) is 14.3. The third-order valence-corrected chi connectivity index (χ3v) is 9.97. The molecule has 0 N–H and O–H groups in total. The molecule has 6 aromatic heterocycles. The van der Waals surface area contributed by atoms with Crippen LogP contribution in [0.25, 0.3) is 65.8 Å². The summed E-state index contributed by atoms with van der Waals surface area (Å²) in [5.41, 5.74) is 7.56. The second-order valence-corrected chi connectivity index (χ2v) is 11.7. The van der Waals surface area contributed by atoms with Gasteiger partial charge in [0.2, 0.25) is 0 Å². The fraction of sp³-hybridized carbons (Fsp3) is 0.0278. The lowest BCUT2D eigenvalue weighted by molar-refractivity contribution is -0.960. The first-order chi connectivity index (χ1) is 20.9. The van der Waals surface area contributed by atoms with Gasteiger partial charge < -0.3 is 4.74 Å². The summed E-state index contributed by atoms with van der Waals surface area (Å²) in [6, 6.07) is 33.0. The van der Waals surface area contributed by atoms with E-state index in [1.165, 1.54) is 60.2 Å². The molecule has 9 heterocycles. The molecule has 0 saturated heterocycles. The Balaban J connectivity index is 1.46. The molecular formula is C36H19N5O+2. The van der Waals surface area contributed by atoms with E-state index >= 15 is 0 Å². The number of hydrogen-bond acceptors (Lipinski definition) is 2. The number of rotatable bonds is 0. The summed E-state index contributed by atoms with van der Waals surface area (Å²) in [5, 5.41) is 7.22. The van der Waals surface area contributed by atoms with Crippen LogP contribution in [0.1, 0.15) is 11.1 Å². The molecule has 1 atom stereocenters. The Morgan fingerprint density at radius 2 is 1.43 bits per heavy atom. The van der Waals surface area contributed by atoms with Gasteiger partial charge in [0.05, 0.1) is 17.8 Å². The van der Waals surface area contributed by atoms with Crippen LogP contribution in [-0.4, -0.2) is 14.0 Å². The molecule has 6 nitrogen and oxygen atoms in total. The van der Waals surface area contributed by atoms with Crippen LogP contribution in [0.5, 0.6) is 11.5 Å². The zero-order chi connectivity index (χ0) is 26.9. The molecule has 0 aliphatic carbocycles. The van der Waals surface area contributed by atoms with Gasteiger partial charge in [0.25, 0.3) is 11.5 Å². The monoisotopic (exact) mass is 537 g/mol. The largest absolute Gasteiger partial charge is 0.456 e. The van der Waals surface area contributed by atoms with Gasteiger partial charge in [-0.25, -0.2) is 0 Å². The third kappa shape index (κ3) is 1.85. The predicted octanol–water partition coefficient (Wildman–Crippen LogP) is 6.50. The molecule has 0 bridgehead atoms. The number of fused-ring (bicyclic) bond motifs is 8.